The van der Waals surface area contributed by atoms with Gasteiger partial charge in [-0.15, -0.1) is 0 Å². The predicted octanol–water partition coefficient (Wildman–Crippen LogP) is 5.22. The van der Waals surface area contributed by atoms with E-state index in [0.29, 0.717) is 21.4 Å². The molecular formula is C20H19BrCl2N2O4. The zero-order chi connectivity index (χ0) is 21.4. The van der Waals surface area contributed by atoms with Crippen LogP contribution in [0.2, 0.25) is 10.0 Å². The summed E-state index contributed by atoms with van der Waals surface area (Å²) in [6.45, 7) is 1.54. The van der Waals surface area contributed by atoms with Crippen LogP contribution >= 0.6 is 39.1 Å². The fraction of sp³-hybridized carbons (Fsp3) is 0.250. The van der Waals surface area contributed by atoms with Crippen LogP contribution < -0.4 is 10.6 Å². The molecule has 2 amide bonds. The van der Waals surface area contributed by atoms with E-state index in [-0.39, 0.29) is 12.8 Å². The van der Waals surface area contributed by atoms with Gasteiger partial charge in [-0.05, 0) is 48.4 Å². The maximum absolute atomic E-state index is 12.0. The molecule has 0 radical (unpaired) electrons. The lowest BCUT2D eigenvalue weighted by molar-refractivity contribution is -0.147. The number of nitrogens with one attached hydrogen (secondary N) is 2. The van der Waals surface area contributed by atoms with Crippen molar-refractivity contribution in [1.82, 2.24) is 0 Å². The molecule has 0 heterocycles. The van der Waals surface area contributed by atoms with Crippen LogP contribution in [0.5, 0.6) is 0 Å². The number of esters is 1. The van der Waals surface area contributed by atoms with Crippen LogP contribution in [0.4, 0.5) is 11.4 Å². The maximum Gasteiger partial charge on any atom is 0.306 e. The summed E-state index contributed by atoms with van der Waals surface area (Å²) in [4.78, 5) is 35.8. The number of carbonyl (C=O) groups excluding carboxylic acids is 3. The lowest BCUT2D eigenvalue weighted by Gasteiger charge is -2.11. The van der Waals surface area contributed by atoms with E-state index in [9.17, 15) is 14.4 Å². The van der Waals surface area contributed by atoms with Crippen LogP contribution in [0.1, 0.15) is 25.3 Å². The number of rotatable bonds is 8. The van der Waals surface area contributed by atoms with Crippen molar-refractivity contribution in [3.05, 3.63) is 56.5 Å². The number of amides is 2. The molecule has 0 spiro atoms. The molecule has 0 atom stereocenters. The Balaban J connectivity index is 1.75. The van der Waals surface area contributed by atoms with E-state index in [0.717, 1.165) is 16.5 Å². The zero-order valence-electron chi connectivity index (χ0n) is 15.6. The second kappa shape index (κ2) is 11.2. The van der Waals surface area contributed by atoms with Crippen molar-refractivity contribution in [1.29, 1.82) is 0 Å². The van der Waals surface area contributed by atoms with Gasteiger partial charge in [0, 0.05) is 21.6 Å². The molecule has 0 bridgehead atoms. The number of hydrogen-bond donors (Lipinski definition) is 2. The van der Waals surface area contributed by atoms with E-state index >= 15 is 0 Å². The summed E-state index contributed by atoms with van der Waals surface area (Å²) >= 11 is 15.2. The Bertz CT molecular complexity index is 921. The summed E-state index contributed by atoms with van der Waals surface area (Å²) in [5, 5.41) is 6.04. The van der Waals surface area contributed by atoms with Gasteiger partial charge in [-0.2, -0.15) is 0 Å². The van der Waals surface area contributed by atoms with Gasteiger partial charge in [0.15, 0.2) is 6.61 Å². The number of aryl methyl sites for hydroxylation is 1. The number of hydrogen-bond acceptors (Lipinski definition) is 4. The molecular weight excluding hydrogens is 483 g/mol. The molecule has 0 aliphatic heterocycles. The molecule has 0 fully saturated rings. The molecule has 6 nitrogen and oxygen atoms in total. The number of halogens is 3. The topological polar surface area (TPSA) is 84.5 Å². The smallest absolute Gasteiger partial charge is 0.306 e. The first-order chi connectivity index (χ1) is 13.8. The van der Waals surface area contributed by atoms with Crippen molar-refractivity contribution in [2.45, 2.75) is 26.2 Å². The van der Waals surface area contributed by atoms with E-state index in [1.54, 1.807) is 18.2 Å². The summed E-state index contributed by atoms with van der Waals surface area (Å²) < 4.78 is 5.84. The Labute approximate surface area is 187 Å². The highest BCUT2D eigenvalue weighted by atomic mass is 79.9. The molecule has 2 rings (SSSR count). The Morgan fingerprint density at radius 2 is 1.66 bits per heavy atom. The first-order valence-corrected chi connectivity index (χ1v) is 10.3. The van der Waals surface area contributed by atoms with E-state index in [4.69, 9.17) is 27.9 Å². The molecule has 2 aromatic carbocycles. The van der Waals surface area contributed by atoms with Crippen molar-refractivity contribution >= 4 is 68.3 Å². The molecule has 0 aliphatic rings. The molecule has 2 N–H and O–H groups in total. The van der Waals surface area contributed by atoms with E-state index in [1.165, 1.54) is 6.07 Å². The summed E-state index contributed by atoms with van der Waals surface area (Å²) in [5.41, 5.74) is 2.02. The van der Waals surface area contributed by atoms with Gasteiger partial charge in [-0.1, -0.05) is 46.1 Å². The molecule has 154 valence electrons. The highest BCUT2D eigenvalue weighted by Gasteiger charge is 2.13. The van der Waals surface area contributed by atoms with Crippen LogP contribution in [0, 0.1) is 0 Å². The molecule has 0 unspecified atom stereocenters. The summed E-state index contributed by atoms with van der Waals surface area (Å²) in [7, 11) is 0. The SMILES string of the molecule is CCc1cc(Br)ccc1NC(=O)COC(=O)CCC(=O)Nc1ccc(Cl)cc1Cl. The van der Waals surface area contributed by atoms with Crippen LogP contribution in [-0.4, -0.2) is 24.4 Å². The van der Waals surface area contributed by atoms with Crippen molar-refractivity contribution in [3.63, 3.8) is 0 Å². The summed E-state index contributed by atoms with van der Waals surface area (Å²) in [6, 6.07) is 10.2. The minimum Gasteiger partial charge on any atom is -0.456 e. The van der Waals surface area contributed by atoms with Crippen molar-refractivity contribution < 1.29 is 19.1 Å². The fourth-order valence-corrected chi connectivity index (χ4v) is 3.26. The Kier molecular flexibility index (Phi) is 8.95. The minimum atomic E-state index is -0.649. The third-order valence-electron chi connectivity index (χ3n) is 3.85. The average Bonchev–Trinajstić information content (AvgIpc) is 2.68. The van der Waals surface area contributed by atoms with Crippen LogP contribution in [0.15, 0.2) is 40.9 Å². The van der Waals surface area contributed by atoms with Gasteiger partial charge in [-0.25, -0.2) is 0 Å². The molecule has 29 heavy (non-hydrogen) atoms. The van der Waals surface area contributed by atoms with E-state index in [2.05, 4.69) is 26.6 Å². The molecule has 0 saturated heterocycles. The van der Waals surface area contributed by atoms with Gasteiger partial charge < -0.3 is 15.4 Å². The molecule has 9 heteroatoms. The second-order valence-corrected chi connectivity index (χ2v) is 7.80. The van der Waals surface area contributed by atoms with Crippen LogP contribution in [0.25, 0.3) is 0 Å². The normalized spacial score (nSPS) is 10.3. The van der Waals surface area contributed by atoms with Crippen LogP contribution in [0.3, 0.4) is 0 Å². The van der Waals surface area contributed by atoms with Gasteiger partial charge in [0.2, 0.25) is 5.91 Å². The third kappa shape index (κ3) is 7.68. The predicted molar refractivity (Wildman–Crippen MR) is 117 cm³/mol. The van der Waals surface area contributed by atoms with Crippen molar-refractivity contribution in [2.24, 2.45) is 0 Å². The summed E-state index contributed by atoms with van der Waals surface area (Å²) in [6.07, 6.45) is 0.469. The minimum absolute atomic E-state index is 0.105. The fourth-order valence-electron chi connectivity index (χ4n) is 2.40. The average molecular weight is 502 g/mol. The van der Waals surface area contributed by atoms with Gasteiger partial charge in [-0.3, -0.25) is 14.4 Å². The number of carbonyl (C=O) groups is 3. The first kappa shape index (κ1) is 23.2. The van der Waals surface area contributed by atoms with Gasteiger partial charge in [0.25, 0.3) is 5.91 Å². The van der Waals surface area contributed by atoms with Crippen LogP contribution in [-0.2, 0) is 25.5 Å². The standard InChI is InChI=1S/C20H19BrCl2N2O4/c1-2-12-9-13(21)3-5-16(12)24-19(27)11-29-20(28)8-7-18(26)25-17-6-4-14(22)10-15(17)23/h3-6,9-10H,2,7-8,11H2,1H3,(H,24,27)(H,25,26). The summed E-state index contributed by atoms with van der Waals surface area (Å²) in [5.74, 6) is -1.50. The lowest BCUT2D eigenvalue weighted by atomic mass is 10.1. The number of anilines is 2. The number of benzene rings is 2. The monoisotopic (exact) mass is 500 g/mol. The Morgan fingerprint density at radius 1 is 0.966 bits per heavy atom. The Morgan fingerprint density at radius 3 is 2.34 bits per heavy atom. The van der Waals surface area contributed by atoms with Gasteiger partial charge in [0.1, 0.15) is 0 Å². The quantitative estimate of drug-likeness (QED) is 0.485. The van der Waals surface area contributed by atoms with E-state index in [1.807, 2.05) is 19.1 Å². The second-order valence-electron chi connectivity index (χ2n) is 6.04. The van der Waals surface area contributed by atoms with E-state index < -0.39 is 24.4 Å². The van der Waals surface area contributed by atoms with Crippen molar-refractivity contribution in [2.75, 3.05) is 17.2 Å². The molecule has 0 saturated carbocycles. The lowest BCUT2D eigenvalue weighted by Crippen LogP contribution is -2.22. The highest BCUT2D eigenvalue weighted by molar-refractivity contribution is 9.10. The van der Waals surface area contributed by atoms with Gasteiger partial charge in [0.05, 0.1) is 17.1 Å². The first-order valence-electron chi connectivity index (χ1n) is 8.77. The highest BCUT2D eigenvalue weighted by Crippen LogP contribution is 2.25. The molecule has 2 aromatic rings. The van der Waals surface area contributed by atoms with Gasteiger partial charge >= 0.3 is 5.97 Å². The zero-order valence-corrected chi connectivity index (χ0v) is 18.7. The number of ether oxygens (including phenoxy) is 1. The molecule has 0 aliphatic carbocycles. The van der Waals surface area contributed by atoms with Crippen molar-refractivity contribution in [3.8, 4) is 0 Å². The maximum atomic E-state index is 12.0. The largest absolute Gasteiger partial charge is 0.456 e. The third-order valence-corrected chi connectivity index (χ3v) is 4.89. The molecule has 0 aromatic heterocycles. The Hall–Kier alpha value is -2.09.